The predicted octanol–water partition coefficient (Wildman–Crippen LogP) is 5.90. The van der Waals surface area contributed by atoms with Crippen molar-refractivity contribution in [2.24, 2.45) is 5.92 Å². The van der Waals surface area contributed by atoms with E-state index in [2.05, 4.69) is 11.4 Å². The molecule has 0 aromatic heterocycles. The summed E-state index contributed by atoms with van der Waals surface area (Å²) < 4.78 is 27.8. The summed E-state index contributed by atoms with van der Waals surface area (Å²) in [6.07, 6.45) is 2.58. The lowest BCUT2D eigenvalue weighted by molar-refractivity contribution is -0.123. The van der Waals surface area contributed by atoms with Gasteiger partial charge >= 0.3 is 0 Å². The third kappa shape index (κ3) is 5.00. The van der Waals surface area contributed by atoms with Crippen LogP contribution in [-0.2, 0) is 9.59 Å². The molecule has 9 nitrogen and oxygen atoms in total. The number of nitrogens with zero attached hydrogens (tertiary/aromatic N) is 1. The van der Waals surface area contributed by atoms with Crippen molar-refractivity contribution in [3.05, 3.63) is 77.5 Å². The van der Waals surface area contributed by atoms with Gasteiger partial charge in [0.2, 0.25) is 11.7 Å². The first kappa shape index (κ1) is 28.9. The van der Waals surface area contributed by atoms with Crippen LogP contribution in [0, 0.1) is 5.92 Å². The fraction of sp³-hybridized carbons (Fsp3) is 0.333. The molecule has 1 heterocycles. The number of nitrogens with one attached hydrogen (secondary N) is 1. The molecule has 42 heavy (non-hydrogen) atoms. The van der Waals surface area contributed by atoms with Crippen molar-refractivity contribution in [2.45, 2.75) is 31.7 Å². The summed E-state index contributed by atoms with van der Waals surface area (Å²) in [5.74, 6) is 1.60. The molecule has 0 saturated heterocycles. The Kier molecular flexibility index (Phi) is 8.29. The number of fused-ring (bicyclic) bond motifs is 2. The molecule has 0 bridgehead atoms. The summed E-state index contributed by atoms with van der Waals surface area (Å²) in [5.41, 5.74) is 3.80. The topological polar surface area (TPSA) is 95.6 Å². The molecule has 3 aromatic rings. The van der Waals surface area contributed by atoms with Crippen LogP contribution in [0.25, 0.3) is 0 Å². The van der Waals surface area contributed by atoms with E-state index in [1.807, 2.05) is 61.5 Å². The van der Waals surface area contributed by atoms with Crippen LogP contribution in [0.15, 0.2) is 66.4 Å². The largest absolute Gasteiger partial charge is 0.493 e. The lowest BCUT2D eigenvalue weighted by Gasteiger charge is -2.37. The minimum absolute atomic E-state index is 0.000228. The third-order valence-electron chi connectivity index (χ3n) is 7.96. The second-order valence-electron chi connectivity index (χ2n) is 10.2. The maximum Gasteiger partial charge on any atom is 0.227 e. The van der Waals surface area contributed by atoms with E-state index in [0.717, 1.165) is 22.5 Å². The van der Waals surface area contributed by atoms with Gasteiger partial charge in [0.05, 0.1) is 58.9 Å². The quantitative estimate of drug-likeness (QED) is 0.357. The van der Waals surface area contributed by atoms with E-state index in [9.17, 15) is 9.59 Å². The number of anilines is 2. The van der Waals surface area contributed by atoms with Crippen LogP contribution in [0.4, 0.5) is 11.4 Å². The third-order valence-corrected chi connectivity index (χ3v) is 7.96. The van der Waals surface area contributed by atoms with E-state index in [1.165, 1.54) is 0 Å². The van der Waals surface area contributed by atoms with Gasteiger partial charge in [-0.25, -0.2) is 0 Å². The predicted molar refractivity (Wildman–Crippen MR) is 160 cm³/mol. The van der Waals surface area contributed by atoms with Crippen molar-refractivity contribution in [1.29, 1.82) is 0 Å². The highest BCUT2D eigenvalue weighted by Gasteiger charge is 2.45. The van der Waals surface area contributed by atoms with E-state index in [1.54, 1.807) is 40.4 Å². The SMILES string of the molecule is CCC(=O)N1c2ccccc2NC2=C[C@@H](c3cc(OC)c(OC)c(OC)c3)CC(=O)[C@H]2[C@@H]1c1ccc(OC)c(OC)c1. The van der Waals surface area contributed by atoms with Gasteiger partial charge in [-0.2, -0.15) is 0 Å². The van der Waals surface area contributed by atoms with Crippen molar-refractivity contribution in [1.82, 2.24) is 0 Å². The van der Waals surface area contributed by atoms with Gasteiger partial charge in [0.15, 0.2) is 23.0 Å². The van der Waals surface area contributed by atoms with Gasteiger partial charge in [0.1, 0.15) is 5.78 Å². The molecule has 0 unspecified atom stereocenters. The monoisotopic (exact) mass is 572 g/mol. The molecule has 0 radical (unpaired) electrons. The van der Waals surface area contributed by atoms with Gasteiger partial charge < -0.3 is 33.9 Å². The summed E-state index contributed by atoms with van der Waals surface area (Å²) >= 11 is 0. The van der Waals surface area contributed by atoms with Crippen LogP contribution in [0.5, 0.6) is 28.7 Å². The van der Waals surface area contributed by atoms with Crippen LogP contribution in [0.3, 0.4) is 0 Å². The lowest BCUT2D eigenvalue weighted by Crippen LogP contribution is -2.42. The minimum Gasteiger partial charge on any atom is -0.493 e. The number of amides is 1. The summed E-state index contributed by atoms with van der Waals surface area (Å²) in [7, 11) is 7.84. The highest BCUT2D eigenvalue weighted by atomic mass is 16.5. The van der Waals surface area contributed by atoms with Gasteiger partial charge in [-0.05, 0) is 47.5 Å². The van der Waals surface area contributed by atoms with Gasteiger partial charge in [-0.15, -0.1) is 0 Å². The minimum atomic E-state index is -0.649. The molecule has 220 valence electrons. The summed E-state index contributed by atoms with van der Waals surface area (Å²) in [4.78, 5) is 29.7. The average Bonchev–Trinajstić information content (AvgIpc) is 3.17. The summed E-state index contributed by atoms with van der Waals surface area (Å²) in [5, 5.41) is 3.53. The molecule has 2 aliphatic rings. The van der Waals surface area contributed by atoms with Gasteiger partial charge in [0, 0.05) is 24.5 Å². The Morgan fingerprint density at radius 2 is 1.48 bits per heavy atom. The van der Waals surface area contributed by atoms with Crippen molar-refractivity contribution in [3.8, 4) is 28.7 Å². The van der Waals surface area contributed by atoms with Gasteiger partial charge in [-0.3, -0.25) is 9.59 Å². The maximum absolute atomic E-state index is 14.3. The highest BCUT2D eigenvalue weighted by molar-refractivity contribution is 6.01. The molecule has 1 aliphatic heterocycles. The van der Waals surface area contributed by atoms with Gasteiger partial charge in [0.25, 0.3) is 0 Å². The normalized spacial score (nSPS) is 19.4. The first-order chi connectivity index (χ1) is 20.4. The van der Waals surface area contributed by atoms with Crippen molar-refractivity contribution < 1.29 is 33.3 Å². The van der Waals surface area contributed by atoms with Crippen molar-refractivity contribution in [2.75, 3.05) is 45.8 Å². The zero-order valence-corrected chi connectivity index (χ0v) is 24.7. The van der Waals surface area contributed by atoms with E-state index in [4.69, 9.17) is 23.7 Å². The number of hydrogen-bond donors (Lipinski definition) is 1. The first-order valence-corrected chi connectivity index (χ1v) is 13.8. The Morgan fingerprint density at radius 3 is 2.10 bits per heavy atom. The Labute approximate surface area is 246 Å². The fourth-order valence-corrected chi connectivity index (χ4v) is 5.97. The molecule has 3 aromatic carbocycles. The Balaban J connectivity index is 1.71. The zero-order valence-electron chi connectivity index (χ0n) is 24.7. The second-order valence-corrected chi connectivity index (χ2v) is 10.2. The molecule has 3 atom stereocenters. The molecule has 1 aliphatic carbocycles. The number of carbonyl (C=O) groups is 2. The van der Waals surface area contributed by atoms with Crippen LogP contribution in [-0.4, -0.2) is 47.2 Å². The zero-order chi connectivity index (χ0) is 30.0. The number of para-hydroxylation sites is 2. The molecule has 1 N–H and O–H groups in total. The van der Waals surface area contributed by atoms with Crippen molar-refractivity contribution >= 4 is 23.1 Å². The van der Waals surface area contributed by atoms with Crippen LogP contribution in [0.2, 0.25) is 0 Å². The molecule has 9 heteroatoms. The highest BCUT2D eigenvalue weighted by Crippen LogP contribution is 2.50. The number of ketones is 1. The molecule has 5 rings (SSSR count). The Bertz CT molecular complexity index is 1510. The number of allylic oxidation sites excluding steroid dienone is 1. The number of rotatable bonds is 8. The van der Waals surface area contributed by atoms with Crippen LogP contribution < -0.4 is 33.9 Å². The molecular weight excluding hydrogens is 536 g/mol. The molecule has 0 spiro atoms. The van der Waals surface area contributed by atoms with Crippen LogP contribution in [0.1, 0.15) is 42.9 Å². The summed E-state index contributed by atoms with van der Waals surface area (Å²) in [6, 6.07) is 16.3. The molecular formula is C33H36N2O7. The van der Waals surface area contributed by atoms with E-state index < -0.39 is 12.0 Å². The Morgan fingerprint density at radius 1 is 0.833 bits per heavy atom. The number of Topliss-reactive ketones (excluding diaryl/α,β-unsaturated/α-hetero) is 1. The second kappa shape index (κ2) is 12.1. The average molecular weight is 573 g/mol. The number of benzene rings is 3. The fourth-order valence-electron chi connectivity index (χ4n) is 5.97. The van der Waals surface area contributed by atoms with E-state index >= 15 is 0 Å². The Hall–Kier alpha value is -4.66. The van der Waals surface area contributed by atoms with E-state index in [-0.39, 0.29) is 30.4 Å². The number of carbonyl (C=O) groups excluding carboxylic acids is 2. The standard InChI is InChI=1S/C33H36N2O7/c1-7-30(37)35-24-11-9-8-10-22(24)34-23-14-20(21-17-28(40-4)33(42-6)29(18-21)41-5)15-25(36)31(23)32(35)19-12-13-26(38-2)27(16-19)39-3/h8-14,16-18,20,31-32,34H,7,15H2,1-6H3/t20-,31+,32+/m1/s1. The van der Waals surface area contributed by atoms with Gasteiger partial charge in [-0.1, -0.05) is 31.2 Å². The number of ether oxygens (including phenoxy) is 5. The summed E-state index contributed by atoms with van der Waals surface area (Å²) in [6.45, 7) is 1.83. The van der Waals surface area contributed by atoms with Crippen molar-refractivity contribution in [3.63, 3.8) is 0 Å². The van der Waals surface area contributed by atoms with Crippen LogP contribution >= 0.6 is 0 Å². The first-order valence-electron chi connectivity index (χ1n) is 13.8. The number of methoxy groups -OCH3 is 5. The molecule has 0 fully saturated rings. The lowest BCUT2D eigenvalue weighted by atomic mass is 9.76. The molecule has 0 saturated carbocycles. The molecule has 1 amide bonds. The number of hydrogen-bond acceptors (Lipinski definition) is 8. The maximum atomic E-state index is 14.3. The van der Waals surface area contributed by atoms with E-state index in [0.29, 0.717) is 34.4 Å². The smallest absolute Gasteiger partial charge is 0.227 e.